The molecule has 1 aromatic rings. The maximum atomic E-state index is 11.7. The molecule has 3 nitrogen and oxygen atoms in total. The molecule has 27 heavy (non-hydrogen) atoms. The predicted octanol–water partition coefficient (Wildman–Crippen LogP) is 5.76. The predicted molar refractivity (Wildman–Crippen MR) is 114 cm³/mol. The molecule has 1 fully saturated rings. The number of rotatable bonds is 7. The number of thiophene rings is 1. The van der Waals surface area contributed by atoms with Crippen molar-refractivity contribution < 1.29 is 9.59 Å². The van der Waals surface area contributed by atoms with Gasteiger partial charge >= 0.3 is 0 Å². The first-order valence-corrected chi connectivity index (χ1v) is 10.8. The van der Waals surface area contributed by atoms with Gasteiger partial charge in [0.2, 0.25) is 11.8 Å². The summed E-state index contributed by atoms with van der Waals surface area (Å²) in [6, 6.07) is 2.40. The van der Waals surface area contributed by atoms with Crippen LogP contribution in [0.3, 0.4) is 0 Å². The Morgan fingerprint density at radius 2 is 1.63 bits per heavy atom. The summed E-state index contributed by atoms with van der Waals surface area (Å²) < 4.78 is 0. The van der Waals surface area contributed by atoms with Crippen LogP contribution in [-0.4, -0.2) is 23.3 Å². The van der Waals surface area contributed by atoms with Gasteiger partial charge in [0.05, 0.1) is 0 Å². The van der Waals surface area contributed by atoms with Gasteiger partial charge in [-0.05, 0) is 48.1 Å². The third-order valence-corrected chi connectivity index (χ3v) is 7.02. The molecule has 0 atom stereocenters. The first kappa shape index (κ1) is 21.9. The summed E-state index contributed by atoms with van der Waals surface area (Å²) in [6.45, 7) is 18.2. The molecular weight excluding hydrogens is 354 g/mol. The van der Waals surface area contributed by atoms with Crippen LogP contribution in [0.5, 0.6) is 0 Å². The summed E-state index contributed by atoms with van der Waals surface area (Å²) in [5.74, 6) is -0.104. The van der Waals surface area contributed by atoms with Crippen molar-refractivity contribution in [1.29, 1.82) is 0 Å². The number of aryl methyl sites for hydroxylation is 1. The average molecular weight is 390 g/mol. The molecular formula is C23H35NO2S. The van der Waals surface area contributed by atoms with Crippen LogP contribution in [0.4, 0.5) is 0 Å². The molecule has 0 spiro atoms. The van der Waals surface area contributed by atoms with Crippen molar-refractivity contribution in [1.82, 2.24) is 4.90 Å². The average Bonchev–Trinajstić information content (AvgIpc) is 3.10. The van der Waals surface area contributed by atoms with Gasteiger partial charge in [-0.25, -0.2) is 0 Å². The highest BCUT2D eigenvalue weighted by atomic mass is 32.1. The smallest absolute Gasteiger partial charge is 0.229 e. The third kappa shape index (κ3) is 5.78. The Labute approximate surface area is 168 Å². The Bertz CT molecular complexity index is 700. The Kier molecular flexibility index (Phi) is 6.72. The van der Waals surface area contributed by atoms with Gasteiger partial charge in [-0.3, -0.25) is 14.5 Å². The summed E-state index contributed by atoms with van der Waals surface area (Å²) in [7, 11) is 0. The molecule has 1 aromatic heterocycles. The van der Waals surface area contributed by atoms with E-state index in [9.17, 15) is 9.59 Å². The second-order valence-corrected chi connectivity index (χ2v) is 10.8. The molecule has 1 saturated heterocycles. The van der Waals surface area contributed by atoms with E-state index in [1.54, 1.807) is 0 Å². The molecule has 0 aromatic carbocycles. The van der Waals surface area contributed by atoms with E-state index in [-0.39, 0.29) is 22.6 Å². The molecule has 0 unspecified atom stereocenters. The molecule has 0 saturated carbocycles. The number of hydrogen-bond acceptors (Lipinski definition) is 3. The molecule has 0 radical (unpaired) electrons. The minimum atomic E-state index is -0.0519. The second-order valence-electron chi connectivity index (χ2n) is 9.80. The molecule has 2 rings (SSSR count). The minimum Gasteiger partial charge on any atom is -0.278 e. The number of unbranched alkanes of at least 4 members (excludes halogenated alkanes) is 1. The van der Waals surface area contributed by atoms with E-state index >= 15 is 0 Å². The van der Waals surface area contributed by atoms with Crippen molar-refractivity contribution in [2.24, 2.45) is 0 Å². The van der Waals surface area contributed by atoms with Gasteiger partial charge in [0, 0.05) is 29.1 Å². The number of amides is 2. The van der Waals surface area contributed by atoms with Crippen molar-refractivity contribution in [2.45, 2.75) is 90.9 Å². The summed E-state index contributed by atoms with van der Waals surface area (Å²) in [6.07, 6.45) is 4.81. The molecule has 0 aliphatic carbocycles. The number of imide groups is 1. The fraction of sp³-hybridized carbons (Fsp3) is 0.652. The lowest BCUT2D eigenvalue weighted by molar-refractivity contribution is -0.137. The second kappa shape index (κ2) is 8.30. The summed E-state index contributed by atoms with van der Waals surface area (Å²) in [5.41, 5.74) is 2.82. The van der Waals surface area contributed by atoms with Crippen molar-refractivity contribution in [2.75, 3.05) is 6.54 Å². The van der Waals surface area contributed by atoms with E-state index in [0.29, 0.717) is 19.4 Å². The zero-order valence-corrected chi connectivity index (χ0v) is 18.7. The molecule has 4 heteroatoms. The summed E-state index contributed by atoms with van der Waals surface area (Å²) >= 11 is 1.96. The van der Waals surface area contributed by atoms with Gasteiger partial charge in [-0.2, -0.15) is 0 Å². The Morgan fingerprint density at radius 3 is 2.15 bits per heavy atom. The highest BCUT2D eigenvalue weighted by Gasteiger charge is 2.29. The van der Waals surface area contributed by atoms with Gasteiger partial charge in [0.15, 0.2) is 0 Å². The van der Waals surface area contributed by atoms with Crippen LogP contribution in [-0.2, 0) is 26.8 Å². The number of carbonyl (C=O) groups is 2. The number of nitrogens with zero attached hydrogens (tertiary/aromatic N) is 1. The number of hydrogen-bond donors (Lipinski definition) is 0. The first-order chi connectivity index (χ1) is 12.4. The molecule has 150 valence electrons. The standard InChI is InChI=1S/C23H35NO2S/c1-16(15-24-19(25)12-13-20(24)26)10-8-9-11-17-14-18(22(2,3)4)27-21(17)23(5,6)7/h14H,1,8-13,15H2,2-7H3. The fourth-order valence-electron chi connectivity index (χ4n) is 3.41. The molecule has 1 aliphatic rings. The van der Waals surface area contributed by atoms with Crippen molar-refractivity contribution in [3.05, 3.63) is 33.5 Å². The van der Waals surface area contributed by atoms with Crippen LogP contribution in [0.15, 0.2) is 18.2 Å². The fourth-order valence-corrected chi connectivity index (χ4v) is 4.74. The maximum Gasteiger partial charge on any atom is 0.229 e. The molecule has 1 aliphatic heterocycles. The van der Waals surface area contributed by atoms with Crippen LogP contribution in [0.1, 0.15) is 89.0 Å². The minimum absolute atomic E-state index is 0.0519. The van der Waals surface area contributed by atoms with Gasteiger partial charge in [-0.15, -0.1) is 11.3 Å². The summed E-state index contributed by atoms with van der Waals surface area (Å²) in [4.78, 5) is 27.8. The number of carbonyl (C=O) groups excluding carboxylic acids is 2. The summed E-state index contributed by atoms with van der Waals surface area (Å²) in [5, 5.41) is 0. The highest BCUT2D eigenvalue weighted by Crippen LogP contribution is 2.39. The van der Waals surface area contributed by atoms with E-state index in [1.807, 2.05) is 11.3 Å². The first-order valence-electron chi connectivity index (χ1n) is 10.0. The van der Waals surface area contributed by atoms with Crippen LogP contribution in [0.25, 0.3) is 0 Å². The van der Waals surface area contributed by atoms with Crippen LogP contribution in [0.2, 0.25) is 0 Å². The van der Waals surface area contributed by atoms with E-state index in [2.05, 4.69) is 54.2 Å². The maximum absolute atomic E-state index is 11.7. The third-order valence-electron chi connectivity index (χ3n) is 4.99. The van der Waals surface area contributed by atoms with Gasteiger partial charge in [0.25, 0.3) is 0 Å². The molecule has 2 amide bonds. The van der Waals surface area contributed by atoms with Crippen molar-refractivity contribution >= 4 is 23.2 Å². The van der Waals surface area contributed by atoms with Gasteiger partial charge in [-0.1, -0.05) is 53.7 Å². The van der Waals surface area contributed by atoms with E-state index < -0.39 is 0 Å². The lowest BCUT2D eigenvalue weighted by atomic mass is 9.88. The molecule has 0 bridgehead atoms. The zero-order valence-electron chi connectivity index (χ0n) is 17.9. The SMILES string of the molecule is C=C(CCCCc1cc(C(C)(C)C)sc1C(C)(C)C)CN1C(=O)CCC1=O. The van der Waals surface area contributed by atoms with Crippen LogP contribution in [0, 0.1) is 0 Å². The molecule has 0 N–H and O–H groups in total. The van der Waals surface area contributed by atoms with Crippen LogP contribution >= 0.6 is 11.3 Å². The normalized spacial score (nSPS) is 15.7. The topological polar surface area (TPSA) is 37.4 Å². The van der Waals surface area contributed by atoms with E-state index in [0.717, 1.165) is 31.3 Å². The highest BCUT2D eigenvalue weighted by molar-refractivity contribution is 7.12. The Hall–Kier alpha value is -1.42. The lowest BCUT2D eigenvalue weighted by Crippen LogP contribution is -2.30. The molecule has 2 heterocycles. The number of likely N-dealkylation sites (tertiary alicyclic amines) is 1. The largest absolute Gasteiger partial charge is 0.278 e. The Balaban J connectivity index is 1.89. The van der Waals surface area contributed by atoms with E-state index in [4.69, 9.17) is 0 Å². The van der Waals surface area contributed by atoms with Gasteiger partial charge in [0.1, 0.15) is 0 Å². The Morgan fingerprint density at radius 1 is 1.04 bits per heavy atom. The lowest BCUT2D eigenvalue weighted by Gasteiger charge is -2.20. The van der Waals surface area contributed by atoms with E-state index in [1.165, 1.54) is 20.2 Å². The van der Waals surface area contributed by atoms with Gasteiger partial charge < -0.3 is 0 Å². The monoisotopic (exact) mass is 389 g/mol. The van der Waals surface area contributed by atoms with Crippen LogP contribution < -0.4 is 0 Å². The van der Waals surface area contributed by atoms with Crippen molar-refractivity contribution in [3.8, 4) is 0 Å². The quantitative estimate of drug-likeness (QED) is 0.338. The zero-order chi connectivity index (χ0) is 20.4. The van der Waals surface area contributed by atoms with Crippen molar-refractivity contribution in [3.63, 3.8) is 0 Å².